The normalized spacial score (nSPS) is 13.6. The first-order chi connectivity index (χ1) is 10.2. The Morgan fingerprint density at radius 3 is 2.86 bits per heavy atom. The van der Waals surface area contributed by atoms with Crippen molar-refractivity contribution in [2.24, 2.45) is 0 Å². The van der Waals surface area contributed by atoms with E-state index >= 15 is 0 Å². The molecular weight excluding hydrogens is 286 g/mol. The Hall–Kier alpha value is -1.98. The number of nitrogens with zero attached hydrogens (tertiary/aromatic N) is 1. The molecule has 4 nitrogen and oxygen atoms in total. The number of carbonyl (C=O) groups is 2. The van der Waals surface area contributed by atoms with E-state index in [-0.39, 0.29) is 12.5 Å². The molecule has 3 rings (SSSR count). The number of fused-ring (bicyclic) bond motifs is 1. The monoisotopic (exact) mass is 301 g/mol. The van der Waals surface area contributed by atoms with Crippen LogP contribution in [0.15, 0.2) is 30.3 Å². The van der Waals surface area contributed by atoms with Crippen LogP contribution < -0.4 is 0 Å². The lowest BCUT2D eigenvalue weighted by Gasteiger charge is -2.13. The summed E-state index contributed by atoms with van der Waals surface area (Å²) in [6.07, 6.45) is 1.45. The third-order valence-corrected chi connectivity index (χ3v) is 4.66. The molecular formula is C16H15NO3S. The van der Waals surface area contributed by atoms with E-state index in [1.54, 1.807) is 11.0 Å². The number of aliphatic hydroxyl groups excluding tert-OH is 1. The molecule has 108 valence electrons. The van der Waals surface area contributed by atoms with Gasteiger partial charge in [-0.3, -0.25) is 9.59 Å². The van der Waals surface area contributed by atoms with Gasteiger partial charge < -0.3 is 10.0 Å². The van der Waals surface area contributed by atoms with Crippen molar-refractivity contribution in [3.8, 4) is 10.4 Å². The fourth-order valence-electron chi connectivity index (χ4n) is 2.55. The molecule has 1 aliphatic heterocycles. The first kappa shape index (κ1) is 14.0. The third-order valence-electron chi connectivity index (χ3n) is 3.60. The predicted octanol–water partition coefficient (Wildman–Crippen LogP) is 2.57. The Kier molecular flexibility index (Phi) is 3.86. The highest BCUT2D eigenvalue weighted by molar-refractivity contribution is 7.17. The molecule has 1 N–H and O–H groups in total. The summed E-state index contributed by atoms with van der Waals surface area (Å²) in [6.45, 7) is 1.26. The van der Waals surface area contributed by atoms with E-state index in [0.29, 0.717) is 24.4 Å². The summed E-state index contributed by atoms with van der Waals surface area (Å²) < 4.78 is 0. The van der Waals surface area contributed by atoms with E-state index in [1.165, 1.54) is 11.3 Å². The highest BCUT2D eigenvalue weighted by atomic mass is 32.1. The Balaban J connectivity index is 1.87. The zero-order chi connectivity index (χ0) is 14.8. The fraction of sp³-hybridized carbons (Fsp3) is 0.250. The van der Waals surface area contributed by atoms with Gasteiger partial charge in [0.15, 0.2) is 6.29 Å². The standard InChI is InChI=1S/C16H15NO3S/c18-7-1-6-17-9-12-8-11(2-4-14(12)16(17)20)15-5-3-13(10-19)21-15/h2-5,8,10,18H,1,6-7,9H2. The first-order valence-electron chi connectivity index (χ1n) is 6.81. The molecule has 0 radical (unpaired) electrons. The van der Waals surface area contributed by atoms with Crippen LogP contribution in [0.25, 0.3) is 10.4 Å². The SMILES string of the molecule is O=Cc1ccc(-c2ccc3c(c2)CN(CCCO)C3=O)s1. The van der Waals surface area contributed by atoms with Gasteiger partial charge >= 0.3 is 0 Å². The smallest absolute Gasteiger partial charge is 0.254 e. The molecule has 1 aliphatic rings. The summed E-state index contributed by atoms with van der Waals surface area (Å²) in [5.74, 6) is 0.0322. The van der Waals surface area contributed by atoms with Crippen molar-refractivity contribution in [3.63, 3.8) is 0 Å². The maximum Gasteiger partial charge on any atom is 0.254 e. The average Bonchev–Trinajstić information content (AvgIpc) is 3.10. The summed E-state index contributed by atoms with van der Waals surface area (Å²) in [5, 5.41) is 8.88. The Labute approximate surface area is 126 Å². The molecule has 0 atom stereocenters. The molecule has 2 heterocycles. The van der Waals surface area contributed by atoms with Crippen molar-refractivity contribution < 1.29 is 14.7 Å². The number of aliphatic hydroxyl groups is 1. The zero-order valence-corrected chi connectivity index (χ0v) is 12.2. The quantitative estimate of drug-likeness (QED) is 0.864. The number of carbonyl (C=O) groups excluding carboxylic acids is 2. The average molecular weight is 301 g/mol. The molecule has 1 aromatic carbocycles. The maximum atomic E-state index is 12.2. The second-order valence-corrected chi connectivity index (χ2v) is 6.11. The van der Waals surface area contributed by atoms with Gasteiger partial charge in [-0.15, -0.1) is 11.3 Å². The van der Waals surface area contributed by atoms with Gasteiger partial charge in [0.1, 0.15) is 0 Å². The molecule has 0 unspecified atom stereocenters. The highest BCUT2D eigenvalue weighted by Gasteiger charge is 2.27. The molecule has 0 spiro atoms. The fourth-order valence-corrected chi connectivity index (χ4v) is 3.37. The van der Waals surface area contributed by atoms with E-state index in [9.17, 15) is 9.59 Å². The predicted molar refractivity (Wildman–Crippen MR) is 81.6 cm³/mol. The number of aldehydes is 1. The minimum Gasteiger partial charge on any atom is -0.396 e. The topological polar surface area (TPSA) is 57.6 Å². The van der Waals surface area contributed by atoms with Crippen LogP contribution in [0.3, 0.4) is 0 Å². The van der Waals surface area contributed by atoms with Gasteiger partial charge in [0.05, 0.1) is 4.88 Å². The number of hydrogen-bond acceptors (Lipinski definition) is 4. The lowest BCUT2D eigenvalue weighted by atomic mass is 10.1. The summed E-state index contributed by atoms with van der Waals surface area (Å²) in [4.78, 5) is 26.5. The molecule has 1 aromatic heterocycles. The van der Waals surface area contributed by atoms with E-state index in [1.807, 2.05) is 24.3 Å². The van der Waals surface area contributed by atoms with Gasteiger partial charge in [0.2, 0.25) is 0 Å². The Morgan fingerprint density at radius 2 is 2.14 bits per heavy atom. The number of benzene rings is 1. The van der Waals surface area contributed by atoms with Gasteiger partial charge in [-0.2, -0.15) is 0 Å². The second kappa shape index (κ2) is 5.79. The van der Waals surface area contributed by atoms with Crippen LogP contribution in [0.4, 0.5) is 0 Å². The zero-order valence-electron chi connectivity index (χ0n) is 11.4. The van der Waals surface area contributed by atoms with Crippen molar-refractivity contribution in [2.45, 2.75) is 13.0 Å². The van der Waals surface area contributed by atoms with Gasteiger partial charge in [0.25, 0.3) is 5.91 Å². The molecule has 0 fully saturated rings. The Morgan fingerprint density at radius 1 is 1.29 bits per heavy atom. The minimum absolute atomic E-state index is 0.0322. The van der Waals surface area contributed by atoms with Crippen molar-refractivity contribution >= 4 is 23.5 Å². The van der Waals surface area contributed by atoms with Crippen LogP contribution in [0.5, 0.6) is 0 Å². The first-order valence-corrected chi connectivity index (χ1v) is 7.63. The third kappa shape index (κ3) is 2.62. The molecule has 1 amide bonds. The summed E-state index contributed by atoms with van der Waals surface area (Å²) in [7, 11) is 0. The second-order valence-electron chi connectivity index (χ2n) is 5.00. The van der Waals surface area contributed by atoms with Crippen LogP contribution in [-0.4, -0.2) is 35.4 Å². The van der Waals surface area contributed by atoms with Crippen molar-refractivity contribution in [1.29, 1.82) is 0 Å². The summed E-state index contributed by atoms with van der Waals surface area (Å²) in [6, 6.07) is 9.53. The van der Waals surface area contributed by atoms with Crippen molar-refractivity contribution in [1.82, 2.24) is 4.90 Å². The summed E-state index contributed by atoms with van der Waals surface area (Å²) in [5.41, 5.74) is 2.78. The van der Waals surface area contributed by atoms with Gasteiger partial charge in [-0.1, -0.05) is 6.07 Å². The minimum atomic E-state index is 0.0322. The largest absolute Gasteiger partial charge is 0.396 e. The van der Waals surface area contributed by atoms with Crippen LogP contribution in [0.1, 0.15) is 32.0 Å². The van der Waals surface area contributed by atoms with E-state index in [0.717, 1.165) is 27.9 Å². The van der Waals surface area contributed by atoms with Gasteiger partial charge in [-0.05, 0) is 41.8 Å². The number of thiophene rings is 1. The lowest BCUT2D eigenvalue weighted by Crippen LogP contribution is -2.25. The number of rotatable bonds is 5. The van der Waals surface area contributed by atoms with Crippen LogP contribution in [-0.2, 0) is 6.54 Å². The van der Waals surface area contributed by atoms with Gasteiger partial charge in [-0.25, -0.2) is 0 Å². The number of amides is 1. The van der Waals surface area contributed by atoms with Crippen molar-refractivity contribution in [3.05, 3.63) is 46.3 Å². The summed E-state index contributed by atoms with van der Waals surface area (Å²) >= 11 is 1.45. The molecule has 0 saturated carbocycles. The Bertz CT molecular complexity index is 693. The molecule has 2 aromatic rings. The van der Waals surface area contributed by atoms with E-state index in [2.05, 4.69) is 0 Å². The molecule has 5 heteroatoms. The van der Waals surface area contributed by atoms with Crippen LogP contribution in [0, 0.1) is 0 Å². The van der Waals surface area contributed by atoms with Gasteiger partial charge in [0, 0.05) is 30.1 Å². The molecule has 0 bridgehead atoms. The lowest BCUT2D eigenvalue weighted by molar-refractivity contribution is 0.0768. The highest BCUT2D eigenvalue weighted by Crippen LogP contribution is 2.32. The molecule has 0 saturated heterocycles. The maximum absolute atomic E-state index is 12.2. The number of hydrogen-bond donors (Lipinski definition) is 1. The molecule has 21 heavy (non-hydrogen) atoms. The van der Waals surface area contributed by atoms with Crippen LogP contribution in [0.2, 0.25) is 0 Å². The van der Waals surface area contributed by atoms with E-state index in [4.69, 9.17) is 5.11 Å². The van der Waals surface area contributed by atoms with Crippen LogP contribution >= 0.6 is 11.3 Å². The van der Waals surface area contributed by atoms with Crippen molar-refractivity contribution in [2.75, 3.05) is 13.2 Å². The molecule has 0 aliphatic carbocycles. The van der Waals surface area contributed by atoms with E-state index < -0.39 is 0 Å².